The van der Waals surface area contributed by atoms with Crippen LogP contribution in [0.5, 0.6) is 0 Å². The van der Waals surface area contributed by atoms with Crippen molar-refractivity contribution in [3.8, 4) is 0 Å². The highest BCUT2D eigenvalue weighted by Crippen LogP contribution is 2.46. The van der Waals surface area contributed by atoms with E-state index in [2.05, 4.69) is 50.7 Å². The van der Waals surface area contributed by atoms with Crippen LogP contribution in [0.4, 0.5) is 0 Å². The van der Waals surface area contributed by atoms with Gasteiger partial charge in [0.2, 0.25) is 5.91 Å². The molecule has 6 rings (SSSR count). The lowest BCUT2D eigenvalue weighted by Gasteiger charge is -2.25. The van der Waals surface area contributed by atoms with Crippen molar-refractivity contribution in [2.75, 3.05) is 20.2 Å². The van der Waals surface area contributed by atoms with Gasteiger partial charge in [-0.1, -0.05) is 13.8 Å². The Balaban J connectivity index is 1.43. The minimum Gasteiger partial charge on any atom is -0.481 e. The van der Waals surface area contributed by atoms with E-state index < -0.39 is 11.9 Å². The van der Waals surface area contributed by atoms with E-state index >= 15 is 0 Å². The number of fused-ring (bicyclic) bond motifs is 6. The van der Waals surface area contributed by atoms with Crippen molar-refractivity contribution in [3.63, 3.8) is 0 Å². The largest absolute Gasteiger partial charge is 0.481 e. The molecule has 12 heteroatoms. The van der Waals surface area contributed by atoms with Crippen LogP contribution in [0.15, 0.2) is 26.8 Å². The summed E-state index contributed by atoms with van der Waals surface area (Å²) in [6.07, 6.45) is 4.38. The third-order valence-corrected chi connectivity index (χ3v) is 11.9. The van der Waals surface area contributed by atoms with Gasteiger partial charge in [-0.3, -0.25) is 29.2 Å². The minimum atomic E-state index is -1.05. The molecule has 52 heavy (non-hydrogen) atoms. The Bertz CT molecular complexity index is 1920. The normalized spacial score (nSPS) is 22.8. The number of allylic oxidation sites excluding steroid dienone is 2. The summed E-state index contributed by atoms with van der Waals surface area (Å²) in [5, 5.41) is 18.5. The molecule has 2 aromatic rings. The SMILES string of the molecule is CCC1=C(C)C2Cc3[nH]c(c(C)c3C(C)OC)C=C3N=C(C4CC(=O)c5c4[nH]c(c5C)CC1=N2)[C@@H](CCC(=O)N(CCC(=O)O)CCC(=O)O)[C@@H]3C. The van der Waals surface area contributed by atoms with Crippen LogP contribution in [0, 0.1) is 25.7 Å². The summed E-state index contributed by atoms with van der Waals surface area (Å²) >= 11 is 0. The molecule has 0 radical (unpaired) electrons. The summed E-state index contributed by atoms with van der Waals surface area (Å²) in [5.41, 5.74) is 13.1. The van der Waals surface area contributed by atoms with Gasteiger partial charge >= 0.3 is 11.9 Å². The number of hydrogen-bond acceptors (Lipinski definition) is 7. The summed E-state index contributed by atoms with van der Waals surface area (Å²) < 4.78 is 5.87. The quantitative estimate of drug-likeness (QED) is 0.200. The number of carboxylic acids is 2. The van der Waals surface area contributed by atoms with Crippen molar-refractivity contribution >= 4 is 41.1 Å². The second kappa shape index (κ2) is 14.8. The molecule has 12 nitrogen and oxygen atoms in total. The van der Waals surface area contributed by atoms with Crippen LogP contribution >= 0.6 is 0 Å². The number of aromatic amines is 2. The molecule has 4 N–H and O–H groups in total. The Labute approximate surface area is 304 Å². The fourth-order valence-corrected chi connectivity index (χ4v) is 8.87. The number of ketones is 1. The summed E-state index contributed by atoms with van der Waals surface area (Å²) in [4.78, 5) is 69.3. The topological polar surface area (TPSA) is 178 Å². The van der Waals surface area contributed by atoms with E-state index in [-0.39, 0.29) is 73.9 Å². The maximum atomic E-state index is 13.7. The number of nitrogens with one attached hydrogen (secondary N) is 2. The highest BCUT2D eigenvalue weighted by Gasteiger charge is 2.44. The lowest BCUT2D eigenvalue weighted by atomic mass is 9.81. The minimum absolute atomic E-state index is 0.0155. The van der Waals surface area contributed by atoms with E-state index in [0.717, 1.165) is 68.6 Å². The zero-order valence-corrected chi connectivity index (χ0v) is 31.3. The van der Waals surface area contributed by atoms with Gasteiger partial charge in [-0.05, 0) is 68.9 Å². The monoisotopic (exact) mass is 713 g/mol. The van der Waals surface area contributed by atoms with Gasteiger partial charge in [0.05, 0.1) is 25.0 Å². The lowest BCUT2D eigenvalue weighted by Crippen LogP contribution is -2.35. The molecule has 0 saturated carbocycles. The number of aliphatic imine (C=N–C) groups is 2. The van der Waals surface area contributed by atoms with Crippen LogP contribution in [0.25, 0.3) is 6.08 Å². The smallest absolute Gasteiger partial charge is 0.305 e. The number of aliphatic carboxylic acids is 2. The number of carboxylic acid groups (broad SMARTS) is 2. The molecule has 0 fully saturated rings. The Morgan fingerprint density at radius 1 is 1.02 bits per heavy atom. The van der Waals surface area contributed by atoms with Crippen molar-refractivity contribution in [2.24, 2.45) is 21.8 Å². The molecule has 0 spiro atoms. The van der Waals surface area contributed by atoms with Crippen LogP contribution in [0.1, 0.15) is 128 Å². The number of carbonyl (C=O) groups is 4. The van der Waals surface area contributed by atoms with Crippen LogP contribution in [-0.2, 0) is 32.0 Å². The molecule has 5 atom stereocenters. The highest BCUT2D eigenvalue weighted by molar-refractivity contribution is 6.11. The summed E-state index contributed by atoms with van der Waals surface area (Å²) in [5.74, 6) is -2.87. The number of nitrogens with zero attached hydrogens (tertiary/aromatic N) is 3. The van der Waals surface area contributed by atoms with E-state index in [0.29, 0.717) is 25.7 Å². The Hall–Kier alpha value is -4.58. The lowest BCUT2D eigenvalue weighted by molar-refractivity contribution is -0.139. The second-order valence-electron chi connectivity index (χ2n) is 14.8. The molecule has 278 valence electrons. The van der Waals surface area contributed by atoms with Crippen molar-refractivity contribution in [2.45, 2.75) is 111 Å². The number of hydrogen-bond donors (Lipinski definition) is 4. The number of H-pyrrole nitrogens is 2. The third kappa shape index (κ3) is 6.85. The van der Waals surface area contributed by atoms with E-state index in [1.54, 1.807) is 7.11 Å². The van der Waals surface area contributed by atoms with Crippen molar-refractivity contribution in [3.05, 3.63) is 61.9 Å². The van der Waals surface area contributed by atoms with Gasteiger partial charge in [-0.15, -0.1) is 0 Å². The van der Waals surface area contributed by atoms with Crippen LogP contribution in [-0.4, -0.2) is 86.4 Å². The van der Waals surface area contributed by atoms with Gasteiger partial charge in [-0.2, -0.15) is 0 Å². The standard InChI is InChI=1S/C40H51N5O7/c1-8-24-19(2)27-18-32-37(23(6)52-7)21(4)29(42-32)16-28-20(3)25(9-10-34(47)45(13-11-35(48)49)14-12-36(50)51)39(43-28)26-15-33(46)38-22(5)30(44-40(26)38)17-31(24)41-27/h16,20,23,25-27,42,44H,8-15,17-18H2,1-7H3,(H,48,49)(H,50,51)/t20-,23?,25-,26?,27?/m0/s1. The zero-order chi connectivity index (χ0) is 37.6. The van der Waals surface area contributed by atoms with E-state index in [4.69, 9.17) is 14.7 Å². The molecule has 0 aromatic carbocycles. The molecule has 0 saturated heterocycles. The zero-order valence-electron chi connectivity index (χ0n) is 31.3. The molecular weight excluding hydrogens is 662 g/mol. The fourth-order valence-electron chi connectivity index (χ4n) is 8.87. The maximum Gasteiger partial charge on any atom is 0.305 e. The predicted octanol–water partition coefficient (Wildman–Crippen LogP) is 6.29. The summed E-state index contributed by atoms with van der Waals surface area (Å²) in [6, 6.07) is -0.0155. The van der Waals surface area contributed by atoms with Crippen molar-refractivity contribution in [1.29, 1.82) is 0 Å². The van der Waals surface area contributed by atoms with Gasteiger partial charge in [0, 0.05) is 115 Å². The number of aromatic nitrogens is 2. The van der Waals surface area contributed by atoms with Gasteiger partial charge < -0.3 is 29.8 Å². The number of methoxy groups -OCH3 is 1. The number of ether oxygens (including phenoxy) is 1. The Kier molecular flexibility index (Phi) is 10.6. The van der Waals surface area contributed by atoms with E-state index in [1.165, 1.54) is 16.0 Å². The maximum absolute atomic E-state index is 13.7. The predicted molar refractivity (Wildman–Crippen MR) is 198 cm³/mol. The fraction of sp³-hybridized carbons (Fsp3) is 0.550. The average Bonchev–Trinajstić information content (AvgIpc) is 3.85. The molecule has 3 aliphatic heterocycles. The van der Waals surface area contributed by atoms with E-state index in [1.807, 2.05) is 6.92 Å². The number of carbonyl (C=O) groups excluding carboxylic acids is 2. The first-order chi connectivity index (χ1) is 24.7. The molecule has 1 aliphatic carbocycles. The molecule has 1 amide bonds. The van der Waals surface area contributed by atoms with Crippen LogP contribution in [0.2, 0.25) is 0 Å². The molecule has 8 bridgehead atoms. The number of rotatable bonds is 12. The van der Waals surface area contributed by atoms with Gasteiger partial charge in [0.1, 0.15) is 0 Å². The average molecular weight is 714 g/mol. The molecular formula is C40H51N5O7. The van der Waals surface area contributed by atoms with Crippen molar-refractivity contribution in [1.82, 2.24) is 14.9 Å². The summed E-state index contributed by atoms with van der Waals surface area (Å²) in [7, 11) is 1.72. The second-order valence-corrected chi connectivity index (χ2v) is 14.8. The Morgan fingerprint density at radius 2 is 1.71 bits per heavy atom. The van der Waals surface area contributed by atoms with Crippen molar-refractivity contribution < 1.29 is 34.1 Å². The first-order valence-electron chi connectivity index (χ1n) is 18.5. The first kappa shape index (κ1) is 37.2. The number of Topliss-reactive ketones (excluding diaryl/α,β-unsaturated/α-hetero) is 1. The van der Waals surface area contributed by atoms with Gasteiger partial charge in [-0.25, -0.2) is 0 Å². The number of amides is 1. The molecule has 4 aliphatic rings. The van der Waals surface area contributed by atoms with Gasteiger partial charge in [0.15, 0.2) is 5.78 Å². The van der Waals surface area contributed by atoms with Crippen LogP contribution < -0.4 is 0 Å². The highest BCUT2D eigenvalue weighted by atomic mass is 16.5. The molecule has 5 heterocycles. The van der Waals surface area contributed by atoms with Gasteiger partial charge in [0.25, 0.3) is 0 Å². The third-order valence-electron chi connectivity index (χ3n) is 11.9. The molecule has 3 unspecified atom stereocenters. The Morgan fingerprint density at radius 3 is 2.35 bits per heavy atom. The van der Waals surface area contributed by atoms with Crippen LogP contribution in [0.3, 0.4) is 0 Å². The first-order valence-corrected chi connectivity index (χ1v) is 18.5. The summed E-state index contributed by atoms with van der Waals surface area (Å²) in [6.45, 7) is 12.5. The molecule has 2 aromatic heterocycles. The van der Waals surface area contributed by atoms with E-state index in [9.17, 15) is 29.4 Å².